The third kappa shape index (κ3) is 6.53. The Hall–Kier alpha value is -4.00. The van der Waals surface area contributed by atoms with Crippen LogP contribution in [-0.2, 0) is 9.53 Å². The first-order valence-electron chi connectivity index (χ1n) is 10.4. The van der Waals surface area contributed by atoms with Crippen molar-refractivity contribution in [3.63, 3.8) is 0 Å². The molecule has 1 aromatic carbocycles. The maximum absolute atomic E-state index is 13.0. The molecule has 0 bridgehead atoms. The minimum absolute atomic E-state index is 0.0208. The Balaban J connectivity index is 1.61. The zero-order valence-corrected chi connectivity index (χ0v) is 18.5. The predicted molar refractivity (Wildman–Crippen MR) is 116 cm³/mol. The lowest BCUT2D eigenvalue weighted by Crippen LogP contribution is -2.53. The molecule has 13 heteroatoms. The lowest BCUT2D eigenvalue weighted by atomic mass is 10.1. The van der Waals surface area contributed by atoms with E-state index >= 15 is 0 Å². The number of aromatic hydroxyl groups is 1. The summed E-state index contributed by atoms with van der Waals surface area (Å²) in [6.07, 6.45) is -5.12. The fourth-order valence-corrected chi connectivity index (χ4v) is 3.39. The topological polar surface area (TPSA) is 145 Å². The first-order chi connectivity index (χ1) is 16.5. The number of amides is 3. The molecule has 0 radical (unpaired) electrons. The number of morpholine rings is 1. The van der Waals surface area contributed by atoms with Crippen molar-refractivity contribution in [2.45, 2.75) is 19.1 Å². The summed E-state index contributed by atoms with van der Waals surface area (Å²) >= 11 is 0. The zero-order valence-electron chi connectivity index (χ0n) is 18.5. The van der Waals surface area contributed by atoms with Gasteiger partial charge in [-0.3, -0.25) is 19.8 Å². The van der Waals surface area contributed by atoms with Crippen LogP contribution in [0.25, 0.3) is 0 Å². The van der Waals surface area contributed by atoms with Crippen LogP contribution in [0.1, 0.15) is 32.0 Å². The van der Waals surface area contributed by atoms with Gasteiger partial charge in [-0.25, -0.2) is 4.98 Å². The summed E-state index contributed by atoms with van der Waals surface area (Å²) in [6.45, 7) is 2.47. The van der Waals surface area contributed by atoms with Gasteiger partial charge in [0.25, 0.3) is 11.8 Å². The van der Waals surface area contributed by atoms with Crippen LogP contribution in [0.4, 0.5) is 13.2 Å². The highest BCUT2D eigenvalue weighted by Gasteiger charge is 2.39. The van der Waals surface area contributed by atoms with E-state index < -0.39 is 29.9 Å². The normalized spacial score (nSPS) is 15.9. The van der Waals surface area contributed by atoms with Crippen LogP contribution in [-0.4, -0.2) is 77.1 Å². The van der Waals surface area contributed by atoms with Crippen molar-refractivity contribution in [3.05, 3.63) is 58.8 Å². The molecular formula is C22H22F3N5O5. The van der Waals surface area contributed by atoms with Crippen molar-refractivity contribution in [2.24, 2.45) is 0 Å². The first kappa shape index (κ1) is 25.6. The molecule has 2 heterocycles. The van der Waals surface area contributed by atoms with Gasteiger partial charge < -0.3 is 25.4 Å². The molecule has 1 fully saturated rings. The molecule has 1 saturated heterocycles. The largest absolute Gasteiger partial charge is 0.493 e. The highest BCUT2D eigenvalue weighted by atomic mass is 19.4. The number of carbonyl (C=O) groups is 3. The number of hydrogen-bond donors (Lipinski definition) is 4. The van der Waals surface area contributed by atoms with E-state index in [0.717, 1.165) is 0 Å². The number of alkyl halides is 3. The van der Waals surface area contributed by atoms with Crippen molar-refractivity contribution in [2.75, 3.05) is 26.3 Å². The van der Waals surface area contributed by atoms with E-state index in [0.29, 0.717) is 12.3 Å². The van der Waals surface area contributed by atoms with Gasteiger partial charge in [-0.1, -0.05) is 12.1 Å². The van der Waals surface area contributed by atoms with Crippen LogP contribution in [0.15, 0.2) is 36.4 Å². The molecule has 1 aliphatic heterocycles. The molecule has 1 unspecified atom stereocenters. The zero-order chi connectivity index (χ0) is 25.8. The Kier molecular flexibility index (Phi) is 7.69. The fraction of sp³-hybridized carbons (Fsp3) is 0.318. The molecule has 2 aromatic rings. The number of nitrogens with zero attached hydrogens (tertiary/aromatic N) is 2. The van der Waals surface area contributed by atoms with E-state index in [4.69, 9.17) is 10.1 Å². The van der Waals surface area contributed by atoms with Gasteiger partial charge in [0, 0.05) is 41.5 Å². The number of aryl methyl sites for hydroxylation is 1. The van der Waals surface area contributed by atoms with Crippen LogP contribution in [0.2, 0.25) is 0 Å². The minimum Gasteiger partial charge on any atom is -0.493 e. The molecule has 4 N–H and O–H groups in total. The van der Waals surface area contributed by atoms with E-state index in [-0.39, 0.29) is 48.2 Å². The number of halogens is 3. The van der Waals surface area contributed by atoms with Gasteiger partial charge in [-0.2, -0.15) is 13.2 Å². The summed E-state index contributed by atoms with van der Waals surface area (Å²) < 4.78 is 42.4. The first-order valence-corrected chi connectivity index (χ1v) is 10.4. The van der Waals surface area contributed by atoms with Gasteiger partial charge in [-0.05, 0) is 25.1 Å². The molecule has 0 saturated carbocycles. The molecule has 0 aliphatic carbocycles. The van der Waals surface area contributed by atoms with Gasteiger partial charge in [0.1, 0.15) is 5.84 Å². The number of pyridine rings is 1. The van der Waals surface area contributed by atoms with Crippen molar-refractivity contribution in [1.82, 2.24) is 20.5 Å². The highest BCUT2D eigenvalue weighted by Crippen LogP contribution is 2.17. The monoisotopic (exact) mass is 493 g/mol. The van der Waals surface area contributed by atoms with Crippen LogP contribution >= 0.6 is 0 Å². The molecule has 1 aliphatic rings. The third-order valence-corrected chi connectivity index (χ3v) is 5.11. The molecule has 35 heavy (non-hydrogen) atoms. The number of rotatable bonds is 5. The Morgan fingerprint density at radius 2 is 1.83 bits per heavy atom. The van der Waals surface area contributed by atoms with Gasteiger partial charge in [0.15, 0.2) is 0 Å². The maximum atomic E-state index is 13.0. The quantitative estimate of drug-likeness (QED) is 0.366. The molecule has 3 amide bonds. The number of nitrogens with one attached hydrogen (secondary N) is 3. The number of hydrogen-bond acceptors (Lipinski definition) is 7. The van der Waals surface area contributed by atoms with Gasteiger partial charge in [-0.15, -0.1) is 0 Å². The number of aromatic nitrogens is 1. The van der Waals surface area contributed by atoms with E-state index in [1.54, 1.807) is 13.0 Å². The third-order valence-electron chi connectivity index (χ3n) is 5.11. The molecule has 1 aromatic heterocycles. The second kappa shape index (κ2) is 10.5. The summed E-state index contributed by atoms with van der Waals surface area (Å²) in [5.41, 5.74) is 0.866. The highest BCUT2D eigenvalue weighted by molar-refractivity contribution is 6.08. The maximum Gasteiger partial charge on any atom is 0.471 e. The Labute approximate surface area is 197 Å². The van der Waals surface area contributed by atoms with E-state index in [1.165, 1.54) is 40.5 Å². The lowest BCUT2D eigenvalue weighted by molar-refractivity contribution is -0.171. The van der Waals surface area contributed by atoms with E-state index in [9.17, 15) is 32.7 Å². The van der Waals surface area contributed by atoms with Gasteiger partial charge in [0.05, 0.1) is 19.3 Å². The summed E-state index contributed by atoms with van der Waals surface area (Å²) in [6, 6.07) is 7.36. The molecule has 186 valence electrons. The van der Waals surface area contributed by atoms with Crippen LogP contribution in [0.5, 0.6) is 5.88 Å². The van der Waals surface area contributed by atoms with Crippen LogP contribution in [0, 0.1) is 12.3 Å². The number of amidine groups is 1. The molecule has 3 rings (SSSR count). The van der Waals surface area contributed by atoms with Gasteiger partial charge >= 0.3 is 12.1 Å². The second-order valence-electron chi connectivity index (χ2n) is 7.70. The lowest BCUT2D eigenvalue weighted by Gasteiger charge is -2.35. The fourth-order valence-electron chi connectivity index (χ4n) is 3.39. The minimum atomic E-state index is -5.12. The Morgan fingerprint density at radius 3 is 2.46 bits per heavy atom. The van der Waals surface area contributed by atoms with E-state index in [1.807, 2.05) is 0 Å². The smallest absolute Gasteiger partial charge is 0.471 e. The standard InChI is InChI=1S/C22H22F3N5O5/c1-12-8-15(9-17(31)28-12)20(33)30-6-7-35-11-16(30)10-27-19(32)14-4-2-13(3-5-14)18(26)29-21(34)22(23,24)25/h2-5,8-9,16H,6-7,10-11H2,1H3,(H,27,32)(H,28,31)(H2,26,29,34). The molecular weight excluding hydrogens is 471 g/mol. The summed E-state index contributed by atoms with van der Waals surface area (Å²) in [4.78, 5) is 41.8. The Bertz CT molecular complexity index is 1120. The summed E-state index contributed by atoms with van der Waals surface area (Å²) in [5.74, 6) is -4.17. The number of carbonyl (C=O) groups excluding carboxylic acids is 3. The van der Waals surface area contributed by atoms with Crippen molar-refractivity contribution in [1.29, 1.82) is 5.41 Å². The summed E-state index contributed by atoms with van der Waals surface area (Å²) in [5, 5.41) is 21.4. The second-order valence-corrected chi connectivity index (χ2v) is 7.70. The Morgan fingerprint density at radius 1 is 1.17 bits per heavy atom. The predicted octanol–water partition coefficient (Wildman–Crippen LogP) is 1.37. The number of benzene rings is 1. The average Bonchev–Trinajstić information content (AvgIpc) is 2.81. The molecule has 0 spiro atoms. The average molecular weight is 493 g/mol. The number of ether oxygens (including phenoxy) is 1. The van der Waals surface area contributed by atoms with Crippen molar-refractivity contribution < 1.29 is 37.4 Å². The van der Waals surface area contributed by atoms with Gasteiger partial charge in [0.2, 0.25) is 5.88 Å². The van der Waals surface area contributed by atoms with Crippen molar-refractivity contribution in [3.8, 4) is 5.88 Å². The van der Waals surface area contributed by atoms with Crippen LogP contribution < -0.4 is 10.6 Å². The SMILES string of the molecule is Cc1cc(C(=O)N2CCOCC2CNC(=O)c2ccc(C(=N)NC(=O)C(F)(F)F)cc2)cc(O)n1. The van der Waals surface area contributed by atoms with Crippen molar-refractivity contribution >= 4 is 23.6 Å². The molecule has 10 nitrogen and oxygen atoms in total. The summed E-state index contributed by atoms with van der Waals surface area (Å²) in [7, 11) is 0. The van der Waals surface area contributed by atoms with E-state index in [2.05, 4.69) is 10.3 Å². The van der Waals surface area contributed by atoms with Crippen LogP contribution in [0.3, 0.4) is 0 Å². The molecule has 1 atom stereocenters.